The van der Waals surface area contributed by atoms with Crippen molar-refractivity contribution in [2.24, 2.45) is 0 Å². The Hall–Kier alpha value is -2.24. The van der Waals surface area contributed by atoms with E-state index in [1.807, 2.05) is 26.0 Å². The molecule has 6 nitrogen and oxygen atoms in total. The van der Waals surface area contributed by atoms with E-state index >= 15 is 0 Å². The van der Waals surface area contributed by atoms with Crippen molar-refractivity contribution in [3.63, 3.8) is 0 Å². The molecule has 3 rings (SSSR count). The molecule has 1 aliphatic rings. The SMILES string of the molecule is Cc1cccc(C(=O)N[C@H]2CCc3nnc(C)n3C2)n1. The highest BCUT2D eigenvalue weighted by atomic mass is 16.1. The summed E-state index contributed by atoms with van der Waals surface area (Å²) in [7, 11) is 0. The third-order valence-corrected chi connectivity index (χ3v) is 3.59. The Balaban J connectivity index is 1.70. The quantitative estimate of drug-likeness (QED) is 0.885. The van der Waals surface area contributed by atoms with Crippen LogP contribution < -0.4 is 5.32 Å². The molecule has 104 valence electrons. The normalized spacial score (nSPS) is 17.6. The van der Waals surface area contributed by atoms with Gasteiger partial charge in [-0.05, 0) is 32.4 Å². The Morgan fingerprint density at radius 1 is 1.35 bits per heavy atom. The van der Waals surface area contributed by atoms with Crippen LogP contribution >= 0.6 is 0 Å². The van der Waals surface area contributed by atoms with Gasteiger partial charge < -0.3 is 9.88 Å². The lowest BCUT2D eigenvalue weighted by molar-refractivity contribution is 0.0922. The van der Waals surface area contributed by atoms with Gasteiger partial charge in [0, 0.05) is 24.7 Å². The van der Waals surface area contributed by atoms with Crippen LogP contribution in [-0.2, 0) is 13.0 Å². The number of carbonyl (C=O) groups excluding carboxylic acids is 1. The van der Waals surface area contributed by atoms with Gasteiger partial charge in [0.15, 0.2) is 0 Å². The van der Waals surface area contributed by atoms with Gasteiger partial charge in [0.25, 0.3) is 5.91 Å². The molecule has 1 atom stereocenters. The van der Waals surface area contributed by atoms with Crippen LogP contribution in [0.5, 0.6) is 0 Å². The van der Waals surface area contributed by atoms with Crippen LogP contribution in [0.2, 0.25) is 0 Å². The van der Waals surface area contributed by atoms with Gasteiger partial charge in [0.2, 0.25) is 0 Å². The van der Waals surface area contributed by atoms with Crippen LogP contribution in [0.4, 0.5) is 0 Å². The van der Waals surface area contributed by atoms with Crippen molar-refractivity contribution in [1.29, 1.82) is 0 Å². The summed E-state index contributed by atoms with van der Waals surface area (Å²) in [6.07, 6.45) is 1.72. The van der Waals surface area contributed by atoms with Crippen molar-refractivity contribution in [2.75, 3.05) is 0 Å². The molecule has 0 aromatic carbocycles. The zero-order valence-electron chi connectivity index (χ0n) is 11.6. The number of aromatic nitrogens is 4. The molecule has 1 N–H and O–H groups in total. The molecular formula is C14H17N5O. The fraction of sp³-hybridized carbons (Fsp3) is 0.429. The van der Waals surface area contributed by atoms with E-state index in [9.17, 15) is 4.79 Å². The van der Waals surface area contributed by atoms with E-state index in [1.54, 1.807) is 6.07 Å². The van der Waals surface area contributed by atoms with Crippen LogP contribution in [0.1, 0.15) is 34.3 Å². The molecule has 1 amide bonds. The number of carbonyl (C=O) groups is 1. The van der Waals surface area contributed by atoms with E-state index in [2.05, 4.69) is 25.1 Å². The maximum atomic E-state index is 12.2. The zero-order valence-corrected chi connectivity index (χ0v) is 11.6. The molecule has 3 heterocycles. The van der Waals surface area contributed by atoms with Gasteiger partial charge in [-0.1, -0.05) is 6.07 Å². The van der Waals surface area contributed by atoms with Crippen molar-refractivity contribution >= 4 is 5.91 Å². The number of rotatable bonds is 2. The summed E-state index contributed by atoms with van der Waals surface area (Å²) in [5.74, 6) is 1.78. The topological polar surface area (TPSA) is 72.7 Å². The van der Waals surface area contributed by atoms with Crippen molar-refractivity contribution in [3.8, 4) is 0 Å². The molecule has 0 radical (unpaired) electrons. The molecule has 0 aliphatic carbocycles. The number of nitrogens with one attached hydrogen (secondary N) is 1. The summed E-state index contributed by atoms with van der Waals surface area (Å²) >= 11 is 0. The minimum Gasteiger partial charge on any atom is -0.346 e. The summed E-state index contributed by atoms with van der Waals surface area (Å²) in [6, 6.07) is 5.57. The number of fused-ring (bicyclic) bond motifs is 1. The molecular weight excluding hydrogens is 254 g/mol. The smallest absolute Gasteiger partial charge is 0.270 e. The highest BCUT2D eigenvalue weighted by Crippen LogP contribution is 2.15. The zero-order chi connectivity index (χ0) is 14.1. The average Bonchev–Trinajstić information content (AvgIpc) is 2.80. The van der Waals surface area contributed by atoms with E-state index in [-0.39, 0.29) is 11.9 Å². The molecule has 0 spiro atoms. The predicted octanol–water partition coefficient (Wildman–Crippen LogP) is 1.03. The summed E-state index contributed by atoms with van der Waals surface area (Å²) in [6.45, 7) is 4.54. The second-order valence-corrected chi connectivity index (χ2v) is 5.15. The first kappa shape index (κ1) is 12.8. The molecule has 0 saturated heterocycles. The third kappa shape index (κ3) is 2.41. The number of amides is 1. The molecule has 1 aliphatic heterocycles. The number of hydrogen-bond donors (Lipinski definition) is 1. The lowest BCUT2D eigenvalue weighted by Gasteiger charge is -2.24. The van der Waals surface area contributed by atoms with Gasteiger partial charge in [-0.2, -0.15) is 0 Å². The largest absolute Gasteiger partial charge is 0.346 e. The first-order chi connectivity index (χ1) is 9.63. The highest BCUT2D eigenvalue weighted by Gasteiger charge is 2.23. The van der Waals surface area contributed by atoms with E-state index in [0.29, 0.717) is 5.69 Å². The van der Waals surface area contributed by atoms with E-state index in [0.717, 1.165) is 36.7 Å². The van der Waals surface area contributed by atoms with Crippen LogP contribution in [0.15, 0.2) is 18.2 Å². The van der Waals surface area contributed by atoms with E-state index < -0.39 is 0 Å². The summed E-state index contributed by atoms with van der Waals surface area (Å²) in [5.41, 5.74) is 1.31. The fourth-order valence-corrected chi connectivity index (χ4v) is 2.51. The van der Waals surface area contributed by atoms with Crippen LogP contribution in [-0.4, -0.2) is 31.7 Å². The van der Waals surface area contributed by atoms with Gasteiger partial charge in [0.05, 0.1) is 0 Å². The molecule has 2 aromatic rings. The molecule has 0 fully saturated rings. The number of nitrogens with zero attached hydrogens (tertiary/aromatic N) is 4. The molecule has 0 saturated carbocycles. The van der Waals surface area contributed by atoms with Crippen LogP contribution in [0.3, 0.4) is 0 Å². The van der Waals surface area contributed by atoms with Gasteiger partial charge >= 0.3 is 0 Å². The van der Waals surface area contributed by atoms with Gasteiger partial charge in [-0.15, -0.1) is 10.2 Å². The van der Waals surface area contributed by atoms with Crippen molar-refractivity contribution in [3.05, 3.63) is 41.2 Å². The lowest BCUT2D eigenvalue weighted by Crippen LogP contribution is -2.41. The maximum Gasteiger partial charge on any atom is 0.270 e. The van der Waals surface area contributed by atoms with Crippen molar-refractivity contribution in [1.82, 2.24) is 25.1 Å². The van der Waals surface area contributed by atoms with Gasteiger partial charge in [0.1, 0.15) is 17.3 Å². The fourth-order valence-electron chi connectivity index (χ4n) is 2.51. The molecule has 6 heteroatoms. The van der Waals surface area contributed by atoms with Gasteiger partial charge in [-0.25, -0.2) is 4.98 Å². The molecule has 20 heavy (non-hydrogen) atoms. The predicted molar refractivity (Wildman–Crippen MR) is 73.3 cm³/mol. The Labute approximate surface area is 117 Å². The summed E-state index contributed by atoms with van der Waals surface area (Å²) < 4.78 is 2.07. The molecule has 0 unspecified atom stereocenters. The van der Waals surface area contributed by atoms with Crippen molar-refractivity contribution < 1.29 is 4.79 Å². The second kappa shape index (κ2) is 5.03. The summed E-state index contributed by atoms with van der Waals surface area (Å²) in [4.78, 5) is 16.4. The van der Waals surface area contributed by atoms with Crippen LogP contribution in [0, 0.1) is 13.8 Å². The van der Waals surface area contributed by atoms with Gasteiger partial charge in [-0.3, -0.25) is 4.79 Å². The Kier molecular flexibility index (Phi) is 3.22. The Morgan fingerprint density at radius 3 is 3.00 bits per heavy atom. The minimum absolute atomic E-state index is 0.104. The lowest BCUT2D eigenvalue weighted by atomic mass is 10.1. The second-order valence-electron chi connectivity index (χ2n) is 5.15. The first-order valence-electron chi connectivity index (χ1n) is 6.76. The maximum absolute atomic E-state index is 12.2. The third-order valence-electron chi connectivity index (χ3n) is 3.59. The van der Waals surface area contributed by atoms with E-state index in [1.165, 1.54) is 0 Å². The molecule has 0 bridgehead atoms. The van der Waals surface area contributed by atoms with Crippen molar-refractivity contribution in [2.45, 2.75) is 39.3 Å². The monoisotopic (exact) mass is 271 g/mol. The standard InChI is InChI=1S/C14H17N5O/c1-9-4-3-5-12(15-9)14(20)16-11-6-7-13-18-17-10(2)19(13)8-11/h3-5,11H,6-8H2,1-2H3,(H,16,20)/t11-/m0/s1. The minimum atomic E-state index is -0.118. The number of pyridine rings is 1. The van der Waals surface area contributed by atoms with Crippen LogP contribution in [0.25, 0.3) is 0 Å². The van der Waals surface area contributed by atoms with E-state index in [4.69, 9.17) is 0 Å². The Bertz CT molecular complexity index is 649. The average molecular weight is 271 g/mol. The highest BCUT2D eigenvalue weighted by molar-refractivity contribution is 5.92. The molecule has 2 aromatic heterocycles. The Morgan fingerprint density at radius 2 is 2.20 bits per heavy atom. The summed E-state index contributed by atoms with van der Waals surface area (Å²) in [5, 5.41) is 11.2. The number of hydrogen-bond acceptors (Lipinski definition) is 4. The first-order valence-corrected chi connectivity index (χ1v) is 6.76. The number of aryl methyl sites for hydroxylation is 3.